The van der Waals surface area contributed by atoms with Gasteiger partial charge in [-0.05, 0) is 48.5 Å². The standard InChI is InChI=1S/C15H18BNO/c1-16(18)17-10-8-13(9-11-17)15-7-6-12-4-2-3-5-14(12)15/h2-5,7-8,18H,6,9-11H2,1H3. The lowest BCUT2D eigenvalue weighted by Crippen LogP contribution is -2.40. The third kappa shape index (κ3) is 2.04. The Morgan fingerprint density at radius 3 is 2.78 bits per heavy atom. The van der Waals surface area contributed by atoms with Gasteiger partial charge in [0.15, 0.2) is 0 Å². The highest BCUT2D eigenvalue weighted by Crippen LogP contribution is 2.35. The summed E-state index contributed by atoms with van der Waals surface area (Å²) in [6.45, 7) is 3.64. The number of nitrogens with zero attached hydrogens (tertiary/aromatic N) is 1. The molecule has 92 valence electrons. The molecule has 18 heavy (non-hydrogen) atoms. The lowest BCUT2D eigenvalue weighted by atomic mass is 9.82. The predicted molar refractivity (Wildman–Crippen MR) is 76.2 cm³/mol. The number of hydrogen-bond acceptors (Lipinski definition) is 2. The highest BCUT2D eigenvalue weighted by molar-refractivity contribution is 6.45. The van der Waals surface area contributed by atoms with Gasteiger partial charge in [0.2, 0.25) is 0 Å². The number of fused-ring (bicyclic) bond motifs is 1. The van der Waals surface area contributed by atoms with E-state index in [1.165, 1.54) is 22.3 Å². The Kier molecular flexibility index (Phi) is 3.10. The van der Waals surface area contributed by atoms with Crippen molar-refractivity contribution in [3.05, 3.63) is 53.1 Å². The molecule has 1 aliphatic carbocycles. The molecule has 0 bridgehead atoms. The Balaban J connectivity index is 1.82. The molecule has 0 radical (unpaired) electrons. The highest BCUT2D eigenvalue weighted by Gasteiger charge is 2.22. The van der Waals surface area contributed by atoms with Crippen LogP contribution < -0.4 is 0 Å². The topological polar surface area (TPSA) is 23.5 Å². The molecule has 3 heteroatoms. The van der Waals surface area contributed by atoms with Crippen LogP contribution in [0.2, 0.25) is 6.82 Å². The van der Waals surface area contributed by atoms with Gasteiger partial charge in [0.25, 0.3) is 0 Å². The number of benzene rings is 1. The van der Waals surface area contributed by atoms with Crippen LogP contribution in [0, 0.1) is 0 Å². The maximum absolute atomic E-state index is 9.57. The van der Waals surface area contributed by atoms with E-state index in [1.54, 1.807) is 0 Å². The van der Waals surface area contributed by atoms with Gasteiger partial charge in [-0.3, -0.25) is 0 Å². The molecule has 0 fully saturated rings. The van der Waals surface area contributed by atoms with Gasteiger partial charge in [-0.1, -0.05) is 36.4 Å². The fraction of sp³-hybridized carbons (Fsp3) is 0.333. The minimum absolute atomic E-state index is 0.340. The second kappa shape index (κ2) is 4.75. The fourth-order valence-corrected chi connectivity index (χ4v) is 2.86. The molecule has 2 aliphatic rings. The Hall–Kier alpha value is -1.32. The minimum atomic E-state index is -0.340. The van der Waals surface area contributed by atoms with Crippen LogP contribution in [-0.2, 0) is 6.42 Å². The smallest absolute Gasteiger partial charge is 0.376 e. The molecule has 0 spiro atoms. The van der Waals surface area contributed by atoms with Crippen LogP contribution in [0.15, 0.2) is 42.0 Å². The van der Waals surface area contributed by atoms with E-state index in [0.717, 1.165) is 25.9 Å². The van der Waals surface area contributed by atoms with E-state index in [2.05, 4.69) is 41.2 Å². The average Bonchev–Trinajstić information content (AvgIpc) is 2.82. The summed E-state index contributed by atoms with van der Waals surface area (Å²) in [5.41, 5.74) is 5.69. The summed E-state index contributed by atoms with van der Waals surface area (Å²) < 4.78 is 0. The van der Waals surface area contributed by atoms with Crippen molar-refractivity contribution in [3.63, 3.8) is 0 Å². The second-order valence-electron chi connectivity index (χ2n) is 5.09. The zero-order valence-corrected chi connectivity index (χ0v) is 10.8. The van der Waals surface area contributed by atoms with Crippen molar-refractivity contribution < 1.29 is 5.02 Å². The first-order valence-electron chi connectivity index (χ1n) is 6.65. The summed E-state index contributed by atoms with van der Waals surface area (Å²) in [5, 5.41) is 9.57. The van der Waals surface area contributed by atoms with Crippen LogP contribution in [0.5, 0.6) is 0 Å². The van der Waals surface area contributed by atoms with Gasteiger partial charge >= 0.3 is 7.05 Å². The van der Waals surface area contributed by atoms with Gasteiger partial charge in [-0.15, -0.1) is 0 Å². The lowest BCUT2D eigenvalue weighted by molar-refractivity contribution is 0.386. The van der Waals surface area contributed by atoms with Gasteiger partial charge in [0.1, 0.15) is 0 Å². The quantitative estimate of drug-likeness (QED) is 0.801. The molecule has 0 atom stereocenters. The van der Waals surface area contributed by atoms with Crippen molar-refractivity contribution in [1.82, 2.24) is 4.81 Å². The molecule has 0 aromatic heterocycles. The van der Waals surface area contributed by atoms with Crippen molar-refractivity contribution in [1.29, 1.82) is 0 Å². The van der Waals surface area contributed by atoms with Gasteiger partial charge < -0.3 is 9.83 Å². The van der Waals surface area contributed by atoms with Crippen molar-refractivity contribution in [2.24, 2.45) is 0 Å². The van der Waals surface area contributed by atoms with Crippen molar-refractivity contribution in [2.75, 3.05) is 13.1 Å². The molecule has 0 unspecified atom stereocenters. The van der Waals surface area contributed by atoms with Gasteiger partial charge in [0, 0.05) is 6.54 Å². The van der Waals surface area contributed by atoms with E-state index < -0.39 is 0 Å². The van der Waals surface area contributed by atoms with Crippen molar-refractivity contribution in [2.45, 2.75) is 19.7 Å². The van der Waals surface area contributed by atoms with E-state index in [-0.39, 0.29) is 7.05 Å². The lowest BCUT2D eigenvalue weighted by Gasteiger charge is -2.27. The number of hydrogen-bond donors (Lipinski definition) is 1. The van der Waals surface area contributed by atoms with E-state index in [0.29, 0.717) is 0 Å². The van der Waals surface area contributed by atoms with Gasteiger partial charge in [-0.25, -0.2) is 0 Å². The first-order valence-corrected chi connectivity index (χ1v) is 6.65. The van der Waals surface area contributed by atoms with Gasteiger partial charge in [0.05, 0.1) is 0 Å². The molecular weight excluding hydrogens is 221 g/mol. The third-order valence-electron chi connectivity index (χ3n) is 3.95. The van der Waals surface area contributed by atoms with Crippen LogP contribution in [0.25, 0.3) is 5.57 Å². The molecule has 0 amide bonds. The van der Waals surface area contributed by atoms with Gasteiger partial charge in [-0.2, -0.15) is 0 Å². The summed E-state index contributed by atoms with van der Waals surface area (Å²) in [6.07, 6.45) is 6.70. The summed E-state index contributed by atoms with van der Waals surface area (Å²) in [7, 11) is -0.340. The summed E-state index contributed by atoms with van der Waals surface area (Å²) in [5.74, 6) is 0. The van der Waals surface area contributed by atoms with Crippen LogP contribution in [0.3, 0.4) is 0 Å². The molecule has 1 aromatic carbocycles. The van der Waals surface area contributed by atoms with E-state index in [4.69, 9.17) is 0 Å². The Morgan fingerprint density at radius 1 is 1.22 bits per heavy atom. The second-order valence-corrected chi connectivity index (χ2v) is 5.09. The number of rotatable bonds is 2. The molecule has 2 nitrogen and oxygen atoms in total. The van der Waals surface area contributed by atoms with Crippen molar-refractivity contribution >= 4 is 12.6 Å². The van der Waals surface area contributed by atoms with Crippen LogP contribution in [-0.4, -0.2) is 30.0 Å². The third-order valence-corrected chi connectivity index (χ3v) is 3.95. The number of allylic oxidation sites excluding steroid dienone is 2. The molecule has 0 saturated carbocycles. The van der Waals surface area contributed by atoms with E-state index >= 15 is 0 Å². The Morgan fingerprint density at radius 2 is 2.06 bits per heavy atom. The first kappa shape index (κ1) is 11.8. The first-order chi connectivity index (χ1) is 8.75. The average molecular weight is 239 g/mol. The van der Waals surface area contributed by atoms with E-state index in [9.17, 15) is 5.02 Å². The molecule has 3 rings (SSSR count). The summed E-state index contributed by atoms with van der Waals surface area (Å²) in [4.78, 5) is 2.09. The summed E-state index contributed by atoms with van der Waals surface area (Å²) in [6, 6.07) is 8.66. The van der Waals surface area contributed by atoms with Crippen LogP contribution in [0.1, 0.15) is 17.5 Å². The highest BCUT2D eigenvalue weighted by atomic mass is 16.2. The molecule has 1 heterocycles. The van der Waals surface area contributed by atoms with E-state index in [1.807, 2.05) is 6.82 Å². The Labute approximate surface area is 109 Å². The molecular formula is C15H18BNO. The van der Waals surface area contributed by atoms with Crippen molar-refractivity contribution in [3.8, 4) is 0 Å². The largest absolute Gasteiger partial charge is 0.437 e. The monoisotopic (exact) mass is 239 g/mol. The maximum Gasteiger partial charge on any atom is 0.376 e. The normalized spacial score (nSPS) is 19.2. The molecule has 1 aromatic rings. The fourth-order valence-electron chi connectivity index (χ4n) is 2.86. The van der Waals surface area contributed by atoms with Crippen LogP contribution in [0.4, 0.5) is 0 Å². The summed E-state index contributed by atoms with van der Waals surface area (Å²) >= 11 is 0. The maximum atomic E-state index is 9.57. The van der Waals surface area contributed by atoms with Crippen LogP contribution >= 0.6 is 0 Å². The molecule has 0 saturated heterocycles. The molecule has 1 aliphatic heterocycles. The molecule has 1 N–H and O–H groups in total. The predicted octanol–water partition coefficient (Wildman–Crippen LogP) is 2.37. The SMILES string of the molecule is CB(O)N1CC=C(C2=CCc3ccccc32)CC1. The zero-order chi connectivity index (χ0) is 12.5. The zero-order valence-electron chi connectivity index (χ0n) is 10.8. The Bertz CT molecular complexity index is 519. The minimum Gasteiger partial charge on any atom is -0.437 e.